The van der Waals surface area contributed by atoms with Crippen LogP contribution in [-0.4, -0.2) is 29.7 Å². The monoisotopic (exact) mass is 468 g/mol. The number of ether oxygens (including phenoxy) is 4. The molecule has 0 aliphatic rings. The lowest BCUT2D eigenvalue weighted by atomic mass is 9.90. The molecule has 180 valence electrons. The quantitative estimate of drug-likeness (QED) is 0.355. The molecule has 0 saturated heterocycles. The number of hydrogen-bond acceptors (Lipinski definition) is 6. The standard InChI is InChI=1S/C24H27F3O6/c1-22(2,3)32-20(28)30-17-11-7-15(8-12-17)19(24(25,26)27)16-9-13-18(14-10-16)31-21(29)33-23(4,5)6/h7-14,19H,1-6H3. The second-order valence-corrected chi connectivity index (χ2v) is 9.25. The second kappa shape index (κ2) is 9.72. The lowest BCUT2D eigenvalue weighted by molar-refractivity contribution is -0.141. The van der Waals surface area contributed by atoms with Gasteiger partial charge < -0.3 is 18.9 Å². The summed E-state index contributed by atoms with van der Waals surface area (Å²) >= 11 is 0. The number of carbonyl (C=O) groups is 2. The molecule has 2 rings (SSSR count). The molecule has 0 saturated carbocycles. The van der Waals surface area contributed by atoms with E-state index in [2.05, 4.69) is 0 Å². The summed E-state index contributed by atoms with van der Waals surface area (Å²) in [4.78, 5) is 23.5. The smallest absolute Gasteiger partial charge is 0.428 e. The van der Waals surface area contributed by atoms with Gasteiger partial charge in [-0.2, -0.15) is 13.2 Å². The van der Waals surface area contributed by atoms with Gasteiger partial charge in [0, 0.05) is 0 Å². The normalized spacial score (nSPS) is 12.3. The van der Waals surface area contributed by atoms with Gasteiger partial charge in [0.1, 0.15) is 28.6 Å². The lowest BCUT2D eigenvalue weighted by Gasteiger charge is -2.22. The average molecular weight is 468 g/mol. The van der Waals surface area contributed by atoms with E-state index in [0.29, 0.717) is 0 Å². The summed E-state index contributed by atoms with van der Waals surface area (Å²) < 4.78 is 61.7. The van der Waals surface area contributed by atoms with Gasteiger partial charge in [-0.1, -0.05) is 24.3 Å². The highest BCUT2D eigenvalue weighted by atomic mass is 19.4. The molecular weight excluding hydrogens is 441 g/mol. The first-order valence-electron chi connectivity index (χ1n) is 10.1. The molecule has 0 spiro atoms. The fourth-order valence-corrected chi connectivity index (χ4v) is 2.76. The Morgan fingerprint density at radius 2 is 0.939 bits per heavy atom. The van der Waals surface area contributed by atoms with Gasteiger partial charge in [0.05, 0.1) is 0 Å². The van der Waals surface area contributed by atoms with Gasteiger partial charge in [0.25, 0.3) is 0 Å². The predicted octanol–water partition coefficient (Wildman–Crippen LogP) is 7.01. The second-order valence-electron chi connectivity index (χ2n) is 9.25. The highest BCUT2D eigenvalue weighted by molar-refractivity contribution is 5.65. The van der Waals surface area contributed by atoms with Crippen molar-refractivity contribution in [3.8, 4) is 11.5 Å². The molecular formula is C24H27F3O6. The van der Waals surface area contributed by atoms with Gasteiger partial charge in [-0.05, 0) is 76.9 Å². The van der Waals surface area contributed by atoms with E-state index in [1.807, 2.05) is 0 Å². The van der Waals surface area contributed by atoms with Crippen molar-refractivity contribution in [3.05, 3.63) is 59.7 Å². The van der Waals surface area contributed by atoms with E-state index in [-0.39, 0.29) is 22.6 Å². The highest BCUT2D eigenvalue weighted by Gasteiger charge is 2.42. The molecule has 9 heteroatoms. The zero-order valence-electron chi connectivity index (χ0n) is 19.3. The minimum absolute atomic E-state index is 0.0510. The van der Waals surface area contributed by atoms with Gasteiger partial charge in [-0.15, -0.1) is 0 Å². The summed E-state index contributed by atoms with van der Waals surface area (Å²) in [5, 5.41) is 0. The first-order chi connectivity index (χ1) is 15.0. The molecule has 0 aliphatic carbocycles. The van der Waals surface area contributed by atoms with Crippen molar-refractivity contribution in [2.45, 2.75) is 64.8 Å². The van der Waals surface area contributed by atoms with Crippen LogP contribution < -0.4 is 9.47 Å². The van der Waals surface area contributed by atoms with Crippen molar-refractivity contribution >= 4 is 12.3 Å². The third kappa shape index (κ3) is 8.67. The van der Waals surface area contributed by atoms with Crippen molar-refractivity contribution in [1.29, 1.82) is 0 Å². The van der Waals surface area contributed by atoms with Crippen molar-refractivity contribution < 1.29 is 41.7 Å². The Kier molecular flexibility index (Phi) is 7.67. The van der Waals surface area contributed by atoms with Crippen LogP contribution in [0, 0.1) is 0 Å². The van der Waals surface area contributed by atoms with E-state index in [0.717, 1.165) is 0 Å². The molecule has 2 aromatic carbocycles. The van der Waals surface area contributed by atoms with Crippen molar-refractivity contribution in [1.82, 2.24) is 0 Å². The van der Waals surface area contributed by atoms with Crippen molar-refractivity contribution in [3.63, 3.8) is 0 Å². The minimum Gasteiger partial charge on any atom is -0.428 e. The number of rotatable bonds is 4. The lowest BCUT2D eigenvalue weighted by Crippen LogP contribution is -2.26. The molecule has 0 N–H and O–H groups in total. The Hall–Kier alpha value is -3.23. The molecule has 0 atom stereocenters. The maximum Gasteiger partial charge on any atom is 0.514 e. The molecule has 0 aliphatic heterocycles. The maximum atomic E-state index is 13.9. The van der Waals surface area contributed by atoms with Crippen LogP contribution in [0.2, 0.25) is 0 Å². The fraction of sp³-hybridized carbons (Fsp3) is 0.417. The molecule has 2 aromatic rings. The Morgan fingerprint density at radius 1 is 0.636 bits per heavy atom. The van der Waals surface area contributed by atoms with E-state index in [1.165, 1.54) is 48.5 Å². The summed E-state index contributed by atoms with van der Waals surface area (Å²) in [5.74, 6) is -1.84. The Balaban J connectivity index is 2.18. The summed E-state index contributed by atoms with van der Waals surface area (Å²) in [5.41, 5.74) is -1.64. The van der Waals surface area contributed by atoms with Crippen LogP contribution in [0.15, 0.2) is 48.5 Å². The van der Waals surface area contributed by atoms with E-state index in [4.69, 9.17) is 18.9 Å². The molecule has 0 bridgehead atoms. The summed E-state index contributed by atoms with van der Waals surface area (Å²) in [6.45, 7) is 9.97. The van der Waals surface area contributed by atoms with E-state index >= 15 is 0 Å². The van der Waals surface area contributed by atoms with Gasteiger partial charge in [0.15, 0.2) is 0 Å². The summed E-state index contributed by atoms with van der Waals surface area (Å²) in [6.07, 6.45) is -6.51. The first-order valence-corrected chi connectivity index (χ1v) is 10.1. The predicted molar refractivity (Wildman–Crippen MR) is 115 cm³/mol. The summed E-state index contributed by atoms with van der Waals surface area (Å²) in [6, 6.07) is 9.95. The van der Waals surface area contributed by atoms with Crippen LogP contribution >= 0.6 is 0 Å². The number of hydrogen-bond donors (Lipinski definition) is 0. The van der Waals surface area contributed by atoms with Crippen molar-refractivity contribution in [2.75, 3.05) is 0 Å². The maximum absolute atomic E-state index is 13.9. The Labute approximate surface area is 190 Å². The molecule has 0 radical (unpaired) electrons. The molecule has 33 heavy (non-hydrogen) atoms. The largest absolute Gasteiger partial charge is 0.514 e. The van der Waals surface area contributed by atoms with Crippen LogP contribution in [0.5, 0.6) is 11.5 Å². The van der Waals surface area contributed by atoms with Crippen molar-refractivity contribution in [2.24, 2.45) is 0 Å². The van der Waals surface area contributed by atoms with Gasteiger partial charge in [-0.3, -0.25) is 0 Å². The Morgan fingerprint density at radius 3 is 1.18 bits per heavy atom. The van der Waals surface area contributed by atoms with Crippen LogP contribution in [-0.2, 0) is 9.47 Å². The number of alkyl halides is 3. The van der Waals surface area contributed by atoms with Gasteiger partial charge >= 0.3 is 18.5 Å². The zero-order valence-corrected chi connectivity index (χ0v) is 19.3. The molecule has 0 heterocycles. The van der Waals surface area contributed by atoms with Gasteiger partial charge in [0.2, 0.25) is 0 Å². The number of benzene rings is 2. The molecule has 0 amide bonds. The third-order valence-electron chi connectivity index (χ3n) is 3.94. The van der Waals surface area contributed by atoms with Crippen LogP contribution in [0.4, 0.5) is 22.8 Å². The molecule has 0 fully saturated rings. The van der Waals surface area contributed by atoms with Gasteiger partial charge in [-0.25, -0.2) is 9.59 Å². The number of carbonyl (C=O) groups excluding carboxylic acids is 2. The van der Waals surface area contributed by atoms with Crippen LogP contribution in [0.25, 0.3) is 0 Å². The minimum atomic E-state index is -4.60. The SMILES string of the molecule is CC(C)(C)OC(=O)Oc1ccc(C(c2ccc(OC(=O)OC(C)(C)C)cc2)C(F)(F)F)cc1. The molecule has 0 aromatic heterocycles. The molecule has 0 unspecified atom stereocenters. The van der Waals surface area contributed by atoms with E-state index < -0.39 is 35.6 Å². The third-order valence-corrected chi connectivity index (χ3v) is 3.94. The molecule has 6 nitrogen and oxygen atoms in total. The first kappa shape index (κ1) is 26.0. The topological polar surface area (TPSA) is 71.1 Å². The van der Waals surface area contributed by atoms with E-state index in [1.54, 1.807) is 41.5 Å². The summed E-state index contributed by atoms with van der Waals surface area (Å²) in [7, 11) is 0. The fourth-order valence-electron chi connectivity index (χ4n) is 2.76. The van der Waals surface area contributed by atoms with E-state index in [9.17, 15) is 22.8 Å². The Bertz CT molecular complexity index is 879. The number of halogens is 3. The average Bonchev–Trinajstić information content (AvgIpc) is 2.60. The zero-order chi connectivity index (χ0) is 25.0. The van der Waals surface area contributed by atoms with Crippen LogP contribution in [0.3, 0.4) is 0 Å². The highest BCUT2D eigenvalue weighted by Crippen LogP contribution is 2.41. The van der Waals surface area contributed by atoms with Crippen LogP contribution in [0.1, 0.15) is 58.6 Å².